The van der Waals surface area contributed by atoms with Crippen molar-refractivity contribution in [3.05, 3.63) is 35.1 Å². The van der Waals surface area contributed by atoms with Gasteiger partial charge < -0.3 is 5.73 Å². The van der Waals surface area contributed by atoms with E-state index in [0.717, 1.165) is 12.0 Å². The first-order valence-corrected chi connectivity index (χ1v) is 7.36. The van der Waals surface area contributed by atoms with E-state index in [0.29, 0.717) is 24.8 Å². The average Bonchev–Trinajstić information content (AvgIpc) is 2.42. The molecule has 0 aromatic heterocycles. The van der Waals surface area contributed by atoms with Crippen LogP contribution in [0.5, 0.6) is 0 Å². The third-order valence-electron chi connectivity index (χ3n) is 4.56. The molecular weight excluding hydrogens is 282 g/mol. The molecule has 2 rings (SSSR count). The van der Waals surface area contributed by atoms with Gasteiger partial charge in [0.25, 0.3) is 0 Å². The summed E-state index contributed by atoms with van der Waals surface area (Å²) in [5, 5.41) is 0. The predicted molar refractivity (Wildman–Crippen MR) is 74.3 cm³/mol. The Labute approximate surface area is 122 Å². The SMILES string of the molecule is Cc1ccc(F)cc1CC(N)C1CCCCC1C(F)(F)F. The molecule has 0 heterocycles. The van der Waals surface area contributed by atoms with Crippen LogP contribution in [0.25, 0.3) is 0 Å². The normalized spacial score (nSPS) is 24.9. The minimum absolute atomic E-state index is 0.157. The standard InChI is InChI=1S/C16H21F4N/c1-10-6-7-12(17)8-11(10)9-15(21)13-4-2-3-5-14(13)16(18,19)20/h6-8,13-15H,2-5,9,21H2,1H3. The summed E-state index contributed by atoms with van der Waals surface area (Å²) in [6, 6.07) is 3.78. The number of benzene rings is 1. The lowest BCUT2D eigenvalue weighted by Gasteiger charge is -2.36. The molecule has 0 amide bonds. The molecule has 3 atom stereocenters. The van der Waals surface area contributed by atoms with Gasteiger partial charge in [0.15, 0.2) is 0 Å². The Morgan fingerprint density at radius 2 is 1.90 bits per heavy atom. The van der Waals surface area contributed by atoms with Gasteiger partial charge in [-0.3, -0.25) is 0 Å². The van der Waals surface area contributed by atoms with Gasteiger partial charge in [-0.15, -0.1) is 0 Å². The van der Waals surface area contributed by atoms with E-state index in [1.165, 1.54) is 12.1 Å². The molecule has 1 aliphatic carbocycles. The fraction of sp³-hybridized carbons (Fsp3) is 0.625. The van der Waals surface area contributed by atoms with E-state index in [2.05, 4.69) is 0 Å². The molecule has 0 aliphatic heterocycles. The topological polar surface area (TPSA) is 26.0 Å². The summed E-state index contributed by atoms with van der Waals surface area (Å²) in [4.78, 5) is 0. The molecule has 1 nitrogen and oxygen atoms in total. The van der Waals surface area contributed by atoms with Crippen LogP contribution in [0.2, 0.25) is 0 Å². The Bertz CT molecular complexity index is 484. The van der Waals surface area contributed by atoms with Gasteiger partial charge in [0.2, 0.25) is 0 Å². The zero-order chi connectivity index (χ0) is 15.6. The lowest BCUT2D eigenvalue weighted by atomic mass is 9.73. The van der Waals surface area contributed by atoms with Crippen LogP contribution in [0.1, 0.15) is 36.8 Å². The minimum Gasteiger partial charge on any atom is -0.327 e. The van der Waals surface area contributed by atoms with Crippen molar-refractivity contribution >= 4 is 0 Å². The van der Waals surface area contributed by atoms with Crippen LogP contribution in [0.3, 0.4) is 0 Å². The molecule has 3 unspecified atom stereocenters. The van der Waals surface area contributed by atoms with E-state index >= 15 is 0 Å². The van der Waals surface area contributed by atoms with Crippen LogP contribution in [-0.4, -0.2) is 12.2 Å². The largest absolute Gasteiger partial charge is 0.392 e. The van der Waals surface area contributed by atoms with Crippen molar-refractivity contribution in [2.24, 2.45) is 17.6 Å². The highest BCUT2D eigenvalue weighted by Gasteiger charge is 2.47. The summed E-state index contributed by atoms with van der Waals surface area (Å²) in [6.07, 6.45) is -1.86. The molecule has 5 heteroatoms. The maximum absolute atomic E-state index is 13.3. The molecule has 2 N–H and O–H groups in total. The minimum atomic E-state index is -4.19. The lowest BCUT2D eigenvalue weighted by molar-refractivity contribution is -0.198. The van der Waals surface area contributed by atoms with Crippen molar-refractivity contribution < 1.29 is 17.6 Å². The number of rotatable bonds is 3. The Morgan fingerprint density at radius 3 is 2.57 bits per heavy atom. The number of halogens is 4. The first kappa shape index (κ1) is 16.3. The first-order valence-electron chi connectivity index (χ1n) is 7.36. The van der Waals surface area contributed by atoms with E-state index in [1.54, 1.807) is 6.07 Å². The molecule has 0 saturated heterocycles. The van der Waals surface area contributed by atoms with Crippen molar-refractivity contribution in [1.82, 2.24) is 0 Å². The van der Waals surface area contributed by atoms with E-state index in [4.69, 9.17) is 5.73 Å². The Morgan fingerprint density at radius 1 is 1.24 bits per heavy atom. The molecule has 1 fully saturated rings. The molecule has 1 aromatic carbocycles. The van der Waals surface area contributed by atoms with Crippen LogP contribution in [0.15, 0.2) is 18.2 Å². The van der Waals surface area contributed by atoms with Crippen LogP contribution in [0, 0.1) is 24.6 Å². The lowest BCUT2D eigenvalue weighted by Crippen LogP contribution is -2.44. The van der Waals surface area contributed by atoms with Crippen molar-refractivity contribution in [3.63, 3.8) is 0 Å². The van der Waals surface area contributed by atoms with Crippen LogP contribution in [0.4, 0.5) is 17.6 Å². The molecule has 0 radical (unpaired) electrons. The van der Waals surface area contributed by atoms with Crippen molar-refractivity contribution in [2.45, 2.75) is 51.2 Å². The second-order valence-corrected chi connectivity index (χ2v) is 6.04. The fourth-order valence-electron chi connectivity index (χ4n) is 3.34. The number of hydrogen-bond acceptors (Lipinski definition) is 1. The summed E-state index contributed by atoms with van der Waals surface area (Å²) >= 11 is 0. The Balaban J connectivity index is 2.14. The number of aryl methyl sites for hydroxylation is 1. The van der Waals surface area contributed by atoms with Gasteiger partial charge in [-0.25, -0.2) is 4.39 Å². The zero-order valence-electron chi connectivity index (χ0n) is 12.1. The van der Waals surface area contributed by atoms with Crippen LogP contribution >= 0.6 is 0 Å². The van der Waals surface area contributed by atoms with Gasteiger partial charge in [0, 0.05) is 6.04 Å². The Kier molecular flexibility index (Phi) is 4.91. The van der Waals surface area contributed by atoms with E-state index in [9.17, 15) is 17.6 Å². The molecule has 21 heavy (non-hydrogen) atoms. The highest BCUT2D eigenvalue weighted by molar-refractivity contribution is 5.27. The molecule has 1 saturated carbocycles. The molecule has 118 valence electrons. The summed E-state index contributed by atoms with van der Waals surface area (Å²) in [6.45, 7) is 1.82. The third kappa shape index (κ3) is 3.96. The second kappa shape index (κ2) is 6.34. The van der Waals surface area contributed by atoms with Crippen LogP contribution in [-0.2, 0) is 6.42 Å². The van der Waals surface area contributed by atoms with Gasteiger partial charge in [0.1, 0.15) is 5.82 Å². The van der Waals surface area contributed by atoms with Gasteiger partial charge in [-0.1, -0.05) is 18.9 Å². The van der Waals surface area contributed by atoms with Crippen molar-refractivity contribution in [1.29, 1.82) is 0 Å². The summed E-state index contributed by atoms with van der Waals surface area (Å²) in [5.74, 6) is -2.27. The highest BCUT2D eigenvalue weighted by atomic mass is 19.4. The third-order valence-corrected chi connectivity index (χ3v) is 4.56. The predicted octanol–water partition coefficient (Wildman–Crippen LogP) is 4.37. The van der Waals surface area contributed by atoms with Crippen LogP contribution < -0.4 is 5.73 Å². The van der Waals surface area contributed by atoms with Gasteiger partial charge in [-0.2, -0.15) is 13.2 Å². The molecular formula is C16H21F4N. The van der Waals surface area contributed by atoms with Gasteiger partial charge >= 0.3 is 6.18 Å². The van der Waals surface area contributed by atoms with Crippen molar-refractivity contribution in [3.8, 4) is 0 Å². The molecule has 0 bridgehead atoms. The highest BCUT2D eigenvalue weighted by Crippen LogP contribution is 2.43. The molecule has 0 spiro atoms. The number of nitrogens with two attached hydrogens (primary N) is 1. The fourth-order valence-corrected chi connectivity index (χ4v) is 3.34. The first-order chi connectivity index (χ1) is 9.79. The Hall–Kier alpha value is -1.10. The average molecular weight is 303 g/mol. The quantitative estimate of drug-likeness (QED) is 0.824. The number of alkyl halides is 3. The van der Waals surface area contributed by atoms with E-state index < -0.39 is 24.1 Å². The smallest absolute Gasteiger partial charge is 0.327 e. The second-order valence-electron chi connectivity index (χ2n) is 6.04. The zero-order valence-corrected chi connectivity index (χ0v) is 12.1. The van der Waals surface area contributed by atoms with E-state index in [1.807, 2.05) is 6.92 Å². The molecule has 1 aromatic rings. The maximum atomic E-state index is 13.3. The molecule has 1 aliphatic rings. The number of hydrogen-bond donors (Lipinski definition) is 1. The van der Waals surface area contributed by atoms with Gasteiger partial charge in [-0.05, 0) is 55.4 Å². The maximum Gasteiger partial charge on any atom is 0.392 e. The monoisotopic (exact) mass is 303 g/mol. The summed E-state index contributed by atoms with van der Waals surface area (Å²) < 4.78 is 52.6. The van der Waals surface area contributed by atoms with Crippen molar-refractivity contribution in [2.75, 3.05) is 0 Å². The summed E-state index contributed by atoms with van der Waals surface area (Å²) in [7, 11) is 0. The van der Waals surface area contributed by atoms with Gasteiger partial charge in [0.05, 0.1) is 5.92 Å². The summed E-state index contributed by atoms with van der Waals surface area (Å²) in [5.41, 5.74) is 7.63. The van der Waals surface area contributed by atoms with E-state index in [-0.39, 0.29) is 12.2 Å².